The van der Waals surface area contributed by atoms with Gasteiger partial charge in [-0.05, 0) is 24.3 Å². The van der Waals surface area contributed by atoms with Crippen LogP contribution in [0.5, 0.6) is 0 Å². The Bertz CT molecular complexity index is 1100. The number of amides is 1. The number of benzene rings is 1. The van der Waals surface area contributed by atoms with Crippen LogP contribution >= 0.6 is 0 Å². The molecule has 8 heteroatoms. The number of nitrogens with one attached hydrogen (secondary N) is 1. The molecule has 1 N–H and O–H groups in total. The van der Waals surface area contributed by atoms with Crippen LogP contribution in [-0.4, -0.2) is 51.8 Å². The molecule has 1 amide bonds. The van der Waals surface area contributed by atoms with E-state index in [4.69, 9.17) is 0 Å². The van der Waals surface area contributed by atoms with E-state index in [0.717, 1.165) is 18.9 Å². The van der Waals surface area contributed by atoms with Crippen molar-refractivity contribution in [3.05, 3.63) is 69.4 Å². The van der Waals surface area contributed by atoms with Crippen molar-refractivity contribution in [3.63, 3.8) is 0 Å². The second kappa shape index (κ2) is 7.67. The number of H-pyrrole nitrogens is 1. The molecule has 0 unspecified atom stereocenters. The summed E-state index contributed by atoms with van der Waals surface area (Å²) in [4.78, 5) is 45.5. The van der Waals surface area contributed by atoms with Crippen molar-refractivity contribution in [2.24, 2.45) is 0 Å². The van der Waals surface area contributed by atoms with Gasteiger partial charge in [0.2, 0.25) is 5.91 Å². The molecule has 2 aromatic heterocycles. The molecule has 0 bridgehead atoms. The van der Waals surface area contributed by atoms with Crippen LogP contribution in [0.4, 0.5) is 5.82 Å². The normalized spacial score (nSPS) is 14.4. The summed E-state index contributed by atoms with van der Waals surface area (Å²) in [5.41, 5.74) is -0.616. The van der Waals surface area contributed by atoms with E-state index in [0.29, 0.717) is 23.9 Å². The van der Waals surface area contributed by atoms with E-state index < -0.39 is 0 Å². The Morgan fingerprint density at radius 2 is 1.68 bits per heavy atom. The summed E-state index contributed by atoms with van der Waals surface area (Å²) in [5.74, 6) is 0.886. The number of aryl methyl sites for hydroxylation is 1. The lowest BCUT2D eigenvalue weighted by Gasteiger charge is -2.35. The van der Waals surface area contributed by atoms with Crippen LogP contribution in [0.15, 0.2) is 58.3 Å². The average Bonchev–Trinajstić information content (AvgIpc) is 2.76. The largest absolute Gasteiger partial charge is 0.353 e. The minimum atomic E-state index is -0.327. The van der Waals surface area contributed by atoms with Crippen molar-refractivity contribution >= 4 is 22.5 Å². The molecule has 1 aliphatic rings. The van der Waals surface area contributed by atoms with Crippen molar-refractivity contribution in [1.29, 1.82) is 0 Å². The van der Waals surface area contributed by atoms with Crippen LogP contribution in [0, 0.1) is 0 Å². The van der Waals surface area contributed by atoms with Gasteiger partial charge in [-0.3, -0.25) is 19.5 Å². The summed E-state index contributed by atoms with van der Waals surface area (Å²) in [6.07, 6.45) is 1.92. The highest BCUT2D eigenvalue weighted by atomic mass is 16.2. The van der Waals surface area contributed by atoms with Gasteiger partial charge in [0.1, 0.15) is 5.82 Å². The number of hydrogen-bond donors (Lipinski definition) is 1. The summed E-state index contributed by atoms with van der Waals surface area (Å²) in [7, 11) is 0. The fourth-order valence-electron chi connectivity index (χ4n) is 3.50. The molecule has 4 rings (SSSR count). The summed E-state index contributed by atoms with van der Waals surface area (Å²) in [6.45, 7) is 2.81. The Balaban J connectivity index is 1.39. The molecule has 0 atom stereocenters. The summed E-state index contributed by atoms with van der Waals surface area (Å²) in [5, 5.41) is 3.29. The molecule has 0 spiro atoms. The van der Waals surface area contributed by atoms with E-state index >= 15 is 0 Å². The van der Waals surface area contributed by atoms with E-state index in [1.807, 2.05) is 18.2 Å². The Hall–Kier alpha value is -3.42. The molecule has 1 aliphatic heterocycles. The maximum atomic E-state index is 12.6. The highest BCUT2D eigenvalue weighted by Crippen LogP contribution is 2.13. The smallest absolute Gasteiger partial charge is 0.273 e. The number of aromatic nitrogens is 3. The minimum Gasteiger partial charge on any atom is -0.353 e. The van der Waals surface area contributed by atoms with Gasteiger partial charge in [0.15, 0.2) is 0 Å². The topological polar surface area (TPSA) is 91.3 Å². The van der Waals surface area contributed by atoms with Crippen LogP contribution in [0.3, 0.4) is 0 Å². The van der Waals surface area contributed by atoms with Gasteiger partial charge >= 0.3 is 0 Å². The maximum absolute atomic E-state index is 12.6. The van der Waals surface area contributed by atoms with Gasteiger partial charge in [-0.15, -0.1) is 0 Å². The molecular formula is C20H21N5O3. The predicted molar refractivity (Wildman–Crippen MR) is 106 cm³/mol. The first kappa shape index (κ1) is 18.0. The zero-order valence-corrected chi connectivity index (χ0v) is 15.4. The minimum absolute atomic E-state index is 0.0263. The molecule has 3 aromatic rings. The number of hydrogen-bond acceptors (Lipinski definition) is 5. The number of fused-ring (bicyclic) bond motifs is 1. The number of anilines is 1. The number of carbonyl (C=O) groups excluding carboxylic acids is 1. The third-order valence-corrected chi connectivity index (χ3v) is 5.04. The fraction of sp³-hybridized carbons (Fsp3) is 0.300. The Kier molecular flexibility index (Phi) is 4.92. The molecule has 0 aliphatic carbocycles. The van der Waals surface area contributed by atoms with Crippen LogP contribution in [0.1, 0.15) is 6.42 Å². The highest BCUT2D eigenvalue weighted by Gasteiger charge is 2.21. The highest BCUT2D eigenvalue weighted by molar-refractivity contribution is 5.80. The first-order valence-corrected chi connectivity index (χ1v) is 9.29. The van der Waals surface area contributed by atoms with Crippen molar-refractivity contribution in [3.8, 4) is 0 Å². The lowest BCUT2D eigenvalue weighted by molar-refractivity contribution is -0.131. The molecule has 28 heavy (non-hydrogen) atoms. The van der Waals surface area contributed by atoms with Gasteiger partial charge in [-0.1, -0.05) is 18.2 Å². The molecule has 1 saturated heterocycles. The molecule has 1 aromatic carbocycles. The fourth-order valence-corrected chi connectivity index (χ4v) is 3.50. The monoisotopic (exact) mass is 379 g/mol. The number of rotatable bonds is 4. The number of nitrogens with zero attached hydrogens (tertiary/aromatic N) is 4. The molecule has 3 heterocycles. The number of carbonyl (C=O) groups is 1. The predicted octanol–water partition coefficient (Wildman–Crippen LogP) is 0.824. The third kappa shape index (κ3) is 3.53. The van der Waals surface area contributed by atoms with E-state index in [2.05, 4.69) is 15.0 Å². The van der Waals surface area contributed by atoms with E-state index in [-0.39, 0.29) is 30.0 Å². The molecule has 1 fully saturated rings. The number of piperazine rings is 1. The van der Waals surface area contributed by atoms with Crippen LogP contribution in [0.2, 0.25) is 0 Å². The van der Waals surface area contributed by atoms with Gasteiger partial charge < -0.3 is 9.80 Å². The summed E-state index contributed by atoms with van der Waals surface area (Å²) >= 11 is 0. The van der Waals surface area contributed by atoms with Gasteiger partial charge in [0.25, 0.3) is 11.1 Å². The van der Waals surface area contributed by atoms with Gasteiger partial charge in [-0.2, -0.15) is 0 Å². The van der Waals surface area contributed by atoms with Crippen LogP contribution in [-0.2, 0) is 11.3 Å². The molecule has 144 valence electrons. The quantitative estimate of drug-likeness (QED) is 0.725. The van der Waals surface area contributed by atoms with Gasteiger partial charge in [0.05, 0.1) is 17.3 Å². The second-order valence-electron chi connectivity index (χ2n) is 6.75. The Labute approximate surface area is 161 Å². The van der Waals surface area contributed by atoms with Gasteiger partial charge in [-0.25, -0.2) is 9.67 Å². The van der Waals surface area contributed by atoms with Crippen molar-refractivity contribution in [2.45, 2.75) is 13.0 Å². The van der Waals surface area contributed by atoms with Crippen molar-refractivity contribution < 1.29 is 4.79 Å². The first-order chi connectivity index (χ1) is 13.6. The molecule has 0 saturated carbocycles. The van der Waals surface area contributed by atoms with Crippen LogP contribution < -0.4 is 16.0 Å². The summed E-state index contributed by atoms with van der Waals surface area (Å²) in [6, 6.07) is 12.5. The number of pyridine rings is 1. The second-order valence-corrected chi connectivity index (χ2v) is 6.75. The lowest BCUT2D eigenvalue weighted by Crippen LogP contribution is -2.49. The zero-order chi connectivity index (χ0) is 19.5. The van der Waals surface area contributed by atoms with Crippen LogP contribution in [0.25, 0.3) is 10.8 Å². The van der Waals surface area contributed by atoms with E-state index in [9.17, 15) is 14.4 Å². The number of aromatic amines is 1. The third-order valence-electron chi connectivity index (χ3n) is 5.04. The molecule has 8 nitrogen and oxygen atoms in total. The average molecular weight is 379 g/mol. The SMILES string of the molecule is O=C(CCn1[nH]c(=O)c2ccccc2c1=O)N1CCN(c2ccccn2)CC1. The zero-order valence-electron chi connectivity index (χ0n) is 15.4. The van der Waals surface area contributed by atoms with Crippen molar-refractivity contribution in [2.75, 3.05) is 31.1 Å². The van der Waals surface area contributed by atoms with Gasteiger partial charge in [0, 0.05) is 38.8 Å². The molecule has 0 radical (unpaired) electrons. The Morgan fingerprint density at radius 1 is 0.964 bits per heavy atom. The summed E-state index contributed by atoms with van der Waals surface area (Å²) < 4.78 is 1.23. The van der Waals surface area contributed by atoms with E-state index in [1.165, 1.54) is 4.68 Å². The first-order valence-electron chi connectivity index (χ1n) is 9.29. The van der Waals surface area contributed by atoms with Crippen molar-refractivity contribution in [1.82, 2.24) is 19.7 Å². The lowest BCUT2D eigenvalue weighted by atomic mass is 10.2. The molecular weight excluding hydrogens is 358 g/mol. The maximum Gasteiger partial charge on any atom is 0.273 e. The Morgan fingerprint density at radius 3 is 2.39 bits per heavy atom. The standard InChI is InChI=1S/C20H21N5O3/c26-18(24-13-11-23(12-14-24)17-7-3-4-9-21-17)8-10-25-20(28)16-6-2-1-5-15(16)19(27)22-25/h1-7,9H,8,10-14H2,(H,22,27). The van der Waals surface area contributed by atoms with E-state index in [1.54, 1.807) is 35.4 Å².